The second kappa shape index (κ2) is 8.61. The highest BCUT2D eigenvalue weighted by molar-refractivity contribution is 6.37. The molecule has 29 heavy (non-hydrogen) atoms. The average Bonchev–Trinajstić information content (AvgIpc) is 2.69. The molecule has 1 N–H and O–H groups in total. The molecule has 1 amide bonds. The van der Waals surface area contributed by atoms with Crippen molar-refractivity contribution in [3.8, 4) is 0 Å². The lowest BCUT2D eigenvalue weighted by molar-refractivity contribution is -0.384. The topological polar surface area (TPSA) is 89.3 Å². The molecule has 9 heteroatoms. The second-order valence-electron chi connectivity index (χ2n) is 5.88. The highest BCUT2D eigenvalue weighted by Crippen LogP contribution is 2.28. The zero-order valence-corrected chi connectivity index (χ0v) is 16.8. The lowest BCUT2D eigenvalue weighted by Crippen LogP contribution is -2.17. The first-order chi connectivity index (χ1) is 13.8. The summed E-state index contributed by atoms with van der Waals surface area (Å²) in [5.41, 5.74) is 0.122. The molecular formula is C20H11Cl3N2O4. The zero-order chi connectivity index (χ0) is 21.1. The van der Waals surface area contributed by atoms with Gasteiger partial charge in [0.2, 0.25) is 0 Å². The molecule has 0 aliphatic heterocycles. The van der Waals surface area contributed by atoms with Crippen LogP contribution in [-0.4, -0.2) is 16.6 Å². The molecule has 0 aromatic heterocycles. The van der Waals surface area contributed by atoms with Crippen molar-refractivity contribution >= 4 is 57.9 Å². The van der Waals surface area contributed by atoms with Gasteiger partial charge in [0.15, 0.2) is 5.78 Å². The van der Waals surface area contributed by atoms with Crippen LogP contribution in [-0.2, 0) is 0 Å². The fourth-order valence-electron chi connectivity index (χ4n) is 2.61. The Kier molecular flexibility index (Phi) is 6.17. The van der Waals surface area contributed by atoms with Crippen LogP contribution in [0.5, 0.6) is 0 Å². The molecule has 3 aromatic rings. The van der Waals surface area contributed by atoms with E-state index in [9.17, 15) is 19.7 Å². The van der Waals surface area contributed by atoms with Gasteiger partial charge in [-0.3, -0.25) is 19.7 Å². The molecular weight excluding hydrogens is 439 g/mol. The largest absolute Gasteiger partial charge is 0.321 e. The maximum atomic E-state index is 12.9. The summed E-state index contributed by atoms with van der Waals surface area (Å²) in [4.78, 5) is 36.1. The van der Waals surface area contributed by atoms with Crippen molar-refractivity contribution in [3.05, 3.63) is 103 Å². The minimum atomic E-state index is -0.680. The van der Waals surface area contributed by atoms with E-state index in [1.165, 1.54) is 36.4 Å². The van der Waals surface area contributed by atoms with E-state index in [2.05, 4.69) is 5.32 Å². The van der Waals surface area contributed by atoms with Crippen LogP contribution in [0.4, 0.5) is 11.4 Å². The summed E-state index contributed by atoms with van der Waals surface area (Å²) in [6, 6.07) is 14.4. The molecule has 0 spiro atoms. The Morgan fingerprint density at radius 1 is 0.862 bits per heavy atom. The van der Waals surface area contributed by atoms with Crippen molar-refractivity contribution in [2.75, 3.05) is 5.32 Å². The van der Waals surface area contributed by atoms with Crippen LogP contribution in [0.25, 0.3) is 0 Å². The van der Waals surface area contributed by atoms with Crippen molar-refractivity contribution in [2.24, 2.45) is 0 Å². The van der Waals surface area contributed by atoms with Gasteiger partial charge in [0.1, 0.15) is 5.02 Å². The van der Waals surface area contributed by atoms with Gasteiger partial charge in [-0.05, 0) is 36.4 Å². The number of nitro benzene ring substituents is 1. The van der Waals surface area contributed by atoms with Crippen LogP contribution in [0.15, 0.2) is 60.7 Å². The van der Waals surface area contributed by atoms with Crippen molar-refractivity contribution in [1.82, 2.24) is 0 Å². The molecule has 3 rings (SSSR count). The molecule has 0 heterocycles. The van der Waals surface area contributed by atoms with Gasteiger partial charge in [-0.15, -0.1) is 0 Å². The normalized spacial score (nSPS) is 10.4. The number of hydrogen-bond donors (Lipinski definition) is 1. The summed E-state index contributed by atoms with van der Waals surface area (Å²) in [6.07, 6.45) is 0. The molecule has 0 radical (unpaired) electrons. The number of rotatable bonds is 5. The molecule has 0 aliphatic rings. The smallest absolute Gasteiger partial charge is 0.288 e. The van der Waals surface area contributed by atoms with Crippen molar-refractivity contribution in [2.45, 2.75) is 0 Å². The Morgan fingerprint density at radius 3 is 2.21 bits per heavy atom. The minimum absolute atomic E-state index is 0.0332. The monoisotopic (exact) mass is 448 g/mol. The highest BCUT2D eigenvalue weighted by Gasteiger charge is 2.22. The lowest BCUT2D eigenvalue weighted by atomic mass is 9.97. The van der Waals surface area contributed by atoms with Gasteiger partial charge >= 0.3 is 0 Å². The standard InChI is InChI=1S/C20H11Cl3N2O4/c21-12-6-8-17(16(23)10-12)24-20(27)14-4-2-1-3-13(14)19(26)11-5-7-15(22)18(9-11)25(28)29/h1-10H,(H,24,27). The van der Waals surface area contributed by atoms with Gasteiger partial charge < -0.3 is 5.32 Å². The third kappa shape index (κ3) is 4.56. The van der Waals surface area contributed by atoms with E-state index in [0.29, 0.717) is 10.7 Å². The number of nitro groups is 1. The van der Waals surface area contributed by atoms with Crippen LogP contribution < -0.4 is 5.32 Å². The van der Waals surface area contributed by atoms with E-state index in [0.717, 1.165) is 6.07 Å². The Labute approximate surface area is 180 Å². The van der Waals surface area contributed by atoms with Crippen LogP contribution in [0, 0.1) is 10.1 Å². The van der Waals surface area contributed by atoms with E-state index in [1.807, 2.05) is 0 Å². The number of anilines is 1. The maximum absolute atomic E-state index is 12.9. The number of hydrogen-bond acceptors (Lipinski definition) is 4. The van der Waals surface area contributed by atoms with Gasteiger partial charge in [-0.25, -0.2) is 0 Å². The number of nitrogens with zero attached hydrogens (tertiary/aromatic N) is 1. The quantitative estimate of drug-likeness (QED) is 0.292. The van der Waals surface area contributed by atoms with Gasteiger partial charge in [0, 0.05) is 22.2 Å². The summed E-state index contributed by atoms with van der Waals surface area (Å²) in [6.45, 7) is 0. The number of halogens is 3. The average molecular weight is 450 g/mol. The molecule has 0 fully saturated rings. The Hall–Kier alpha value is -2.93. The number of benzene rings is 3. The van der Waals surface area contributed by atoms with E-state index in [1.54, 1.807) is 18.2 Å². The fraction of sp³-hybridized carbons (Fsp3) is 0. The predicted molar refractivity (Wildman–Crippen MR) is 112 cm³/mol. The molecule has 0 unspecified atom stereocenters. The SMILES string of the molecule is O=C(Nc1ccc(Cl)cc1Cl)c1ccccc1C(=O)c1ccc(Cl)c([N+](=O)[O-])c1. The van der Waals surface area contributed by atoms with Crippen molar-refractivity contribution < 1.29 is 14.5 Å². The van der Waals surface area contributed by atoms with Crippen LogP contribution >= 0.6 is 34.8 Å². The summed E-state index contributed by atoms with van der Waals surface area (Å²) >= 11 is 17.7. The first-order valence-electron chi connectivity index (χ1n) is 8.12. The Morgan fingerprint density at radius 2 is 1.55 bits per heavy atom. The lowest BCUT2D eigenvalue weighted by Gasteiger charge is -2.11. The number of amides is 1. The number of nitrogens with one attached hydrogen (secondary N) is 1. The second-order valence-corrected chi connectivity index (χ2v) is 7.13. The molecule has 0 saturated heterocycles. The van der Waals surface area contributed by atoms with Crippen LogP contribution in [0.1, 0.15) is 26.3 Å². The Balaban J connectivity index is 1.96. The van der Waals surface area contributed by atoms with E-state index in [-0.39, 0.29) is 26.7 Å². The van der Waals surface area contributed by atoms with Crippen molar-refractivity contribution in [3.63, 3.8) is 0 Å². The molecule has 3 aromatic carbocycles. The van der Waals surface area contributed by atoms with E-state index < -0.39 is 22.3 Å². The molecule has 0 bridgehead atoms. The zero-order valence-electron chi connectivity index (χ0n) is 14.5. The first-order valence-corrected chi connectivity index (χ1v) is 9.25. The maximum Gasteiger partial charge on any atom is 0.288 e. The predicted octanol–water partition coefficient (Wildman–Crippen LogP) is 6.04. The number of ketones is 1. The van der Waals surface area contributed by atoms with E-state index in [4.69, 9.17) is 34.8 Å². The third-order valence-corrected chi connectivity index (χ3v) is 4.87. The summed E-state index contributed by atoms with van der Waals surface area (Å²) < 4.78 is 0. The molecule has 0 aliphatic carbocycles. The summed E-state index contributed by atoms with van der Waals surface area (Å²) in [5.74, 6) is -1.13. The van der Waals surface area contributed by atoms with Crippen LogP contribution in [0.3, 0.4) is 0 Å². The fourth-order valence-corrected chi connectivity index (χ4v) is 3.25. The van der Waals surface area contributed by atoms with Gasteiger partial charge in [-0.1, -0.05) is 53.0 Å². The first kappa shape index (κ1) is 20.8. The van der Waals surface area contributed by atoms with E-state index >= 15 is 0 Å². The van der Waals surface area contributed by atoms with Crippen molar-refractivity contribution in [1.29, 1.82) is 0 Å². The molecule has 6 nitrogen and oxygen atoms in total. The number of carbonyl (C=O) groups excluding carboxylic acids is 2. The molecule has 0 atom stereocenters. The Bertz CT molecular complexity index is 1150. The van der Waals surface area contributed by atoms with Gasteiger partial charge in [-0.2, -0.15) is 0 Å². The number of carbonyl (C=O) groups is 2. The summed E-state index contributed by atoms with van der Waals surface area (Å²) in [7, 11) is 0. The highest BCUT2D eigenvalue weighted by atomic mass is 35.5. The molecule has 146 valence electrons. The molecule has 0 saturated carbocycles. The third-order valence-electron chi connectivity index (χ3n) is 4.00. The van der Waals surface area contributed by atoms with Crippen LogP contribution in [0.2, 0.25) is 15.1 Å². The summed E-state index contributed by atoms with van der Waals surface area (Å²) in [5, 5.41) is 14.3. The van der Waals surface area contributed by atoms with Gasteiger partial charge in [0.25, 0.3) is 11.6 Å². The minimum Gasteiger partial charge on any atom is -0.321 e. The van der Waals surface area contributed by atoms with Gasteiger partial charge in [0.05, 0.1) is 21.2 Å².